The van der Waals surface area contributed by atoms with Gasteiger partial charge in [-0.2, -0.15) is 9.61 Å². The van der Waals surface area contributed by atoms with E-state index in [1.54, 1.807) is 0 Å². The third kappa shape index (κ3) is 9.86. The maximum absolute atomic E-state index is 13.2. The molecule has 2 bridgehead atoms. The van der Waals surface area contributed by atoms with Crippen molar-refractivity contribution < 1.29 is 23.7 Å². The highest BCUT2D eigenvalue weighted by atomic mass is 127. The number of morpholine rings is 1. The van der Waals surface area contributed by atoms with Crippen LogP contribution in [0.5, 0.6) is 0 Å². The summed E-state index contributed by atoms with van der Waals surface area (Å²) in [5, 5.41) is 4.71. The molecule has 0 saturated carbocycles. The zero-order valence-electron chi connectivity index (χ0n) is 27.6. The molecule has 10 nitrogen and oxygen atoms in total. The lowest BCUT2D eigenvalue weighted by Crippen LogP contribution is -2.59. The van der Waals surface area contributed by atoms with Gasteiger partial charge in [0.25, 0.3) is 0 Å². The Hall–Kier alpha value is -1.27. The van der Waals surface area contributed by atoms with E-state index in [4.69, 9.17) is 29.0 Å². The summed E-state index contributed by atoms with van der Waals surface area (Å²) in [7, 11) is -2.43. The van der Waals surface area contributed by atoms with Crippen LogP contribution >= 0.6 is 22.6 Å². The lowest BCUT2D eigenvalue weighted by atomic mass is 9.83. The molecule has 4 heterocycles. The van der Waals surface area contributed by atoms with Crippen molar-refractivity contribution in [1.82, 2.24) is 19.5 Å². The zero-order valence-corrected chi connectivity index (χ0v) is 31.8. The van der Waals surface area contributed by atoms with Gasteiger partial charge in [0.1, 0.15) is 24.9 Å². The van der Waals surface area contributed by atoms with E-state index in [0.29, 0.717) is 26.7 Å². The summed E-state index contributed by atoms with van der Waals surface area (Å²) in [4.78, 5) is 22.4. The second kappa shape index (κ2) is 14.0. The van der Waals surface area contributed by atoms with E-state index >= 15 is 0 Å². The Morgan fingerprint density at radius 3 is 2.09 bits per heavy atom. The first-order valence-corrected chi connectivity index (χ1v) is 24.0. The van der Waals surface area contributed by atoms with Crippen molar-refractivity contribution in [3.05, 3.63) is 21.5 Å². The first kappa shape index (κ1) is 34.6. The maximum atomic E-state index is 13.2. The molecule has 2 aromatic rings. The lowest BCUT2D eigenvalue weighted by Gasteiger charge is -2.48. The molecule has 0 aliphatic carbocycles. The summed E-state index contributed by atoms with van der Waals surface area (Å²) < 4.78 is 27.1. The molecule has 0 aromatic carbocycles. The van der Waals surface area contributed by atoms with Crippen molar-refractivity contribution in [2.24, 2.45) is 0 Å². The molecule has 0 spiro atoms. The number of anilines is 1. The van der Waals surface area contributed by atoms with Crippen LogP contribution in [0.3, 0.4) is 0 Å². The number of hydrogen-bond acceptors (Lipinski definition) is 8. The average Bonchev–Trinajstić information content (AvgIpc) is 3.25. The molecule has 2 aromatic heterocycles. The second-order valence-electron chi connectivity index (χ2n) is 15.4. The van der Waals surface area contributed by atoms with Crippen LogP contribution in [0, 0.1) is 3.57 Å². The quantitative estimate of drug-likeness (QED) is 0.103. The zero-order chi connectivity index (χ0) is 31.6. The van der Waals surface area contributed by atoms with E-state index in [1.807, 2.05) is 36.4 Å². The average molecular weight is 746 g/mol. The molecule has 13 heteroatoms. The van der Waals surface area contributed by atoms with Crippen molar-refractivity contribution in [3.8, 4) is 0 Å². The van der Waals surface area contributed by atoms with E-state index in [0.717, 1.165) is 58.9 Å². The molecule has 2 unspecified atom stereocenters. The van der Waals surface area contributed by atoms with Crippen molar-refractivity contribution >= 4 is 56.3 Å². The second-order valence-corrected chi connectivity index (χ2v) is 27.8. The van der Waals surface area contributed by atoms with E-state index < -0.39 is 21.7 Å². The Morgan fingerprint density at radius 2 is 1.58 bits per heavy atom. The minimum absolute atomic E-state index is 0.0521. The molecule has 2 aliphatic heterocycles. The minimum Gasteiger partial charge on any atom is -0.444 e. The summed E-state index contributed by atoms with van der Waals surface area (Å²) >= 11 is 2.31. The van der Waals surface area contributed by atoms with Crippen LogP contribution in [0.25, 0.3) is 5.65 Å². The molecule has 43 heavy (non-hydrogen) atoms. The Morgan fingerprint density at radius 1 is 1.02 bits per heavy atom. The monoisotopic (exact) mass is 745 g/mol. The van der Waals surface area contributed by atoms with Gasteiger partial charge in [-0.1, -0.05) is 39.3 Å². The van der Waals surface area contributed by atoms with E-state index in [-0.39, 0.29) is 24.1 Å². The highest BCUT2D eigenvalue weighted by Gasteiger charge is 2.44. The molecule has 242 valence electrons. The fourth-order valence-electron chi connectivity index (χ4n) is 5.42. The number of carbonyl (C=O) groups excluding carboxylic acids is 1. The Kier molecular flexibility index (Phi) is 11.3. The highest BCUT2D eigenvalue weighted by molar-refractivity contribution is 14.1. The fraction of sp³-hybridized carbons (Fsp3) is 0.767. The third-order valence-corrected chi connectivity index (χ3v) is 12.0. The maximum Gasteiger partial charge on any atom is 0.410 e. The van der Waals surface area contributed by atoms with Crippen molar-refractivity contribution in [3.63, 3.8) is 0 Å². The molecule has 2 aliphatic rings. The topological polar surface area (TPSA) is 90.7 Å². The van der Waals surface area contributed by atoms with Gasteiger partial charge in [0.05, 0.1) is 35.1 Å². The number of halogens is 1. The first-order chi connectivity index (χ1) is 20.0. The Balaban J connectivity index is 1.60. The number of rotatable bonds is 12. The summed E-state index contributed by atoms with van der Waals surface area (Å²) in [6.07, 6.45) is 3.14. The van der Waals surface area contributed by atoms with Gasteiger partial charge in [0, 0.05) is 47.0 Å². The van der Waals surface area contributed by atoms with Gasteiger partial charge in [0.15, 0.2) is 5.65 Å². The van der Waals surface area contributed by atoms with Gasteiger partial charge < -0.3 is 23.8 Å². The molecule has 2 fully saturated rings. The van der Waals surface area contributed by atoms with Crippen molar-refractivity contribution in [1.29, 1.82) is 0 Å². The standard InChI is InChI=1S/C30H52IN5O5Si2/c1-30(2,3)41-29(37)35-23-14-22(15-24(35)19-40-18-23)26-16-27(36-28(33-26)25(31)17-32-36)34(20-38-10-12-42(4,5)6)21-39-11-13-43(7,8)9/h16-17,22-24H,10-15,18-21H2,1-9H3. The first-order valence-electron chi connectivity index (χ1n) is 15.5. The Labute approximate surface area is 273 Å². The Bertz CT molecular complexity index is 1210. The molecule has 4 rings (SSSR count). The summed E-state index contributed by atoms with van der Waals surface area (Å²) in [6.45, 7) is 23.2. The largest absolute Gasteiger partial charge is 0.444 e. The predicted molar refractivity (Wildman–Crippen MR) is 185 cm³/mol. The molecular weight excluding hydrogens is 693 g/mol. The van der Waals surface area contributed by atoms with Crippen LogP contribution in [0.15, 0.2) is 12.3 Å². The van der Waals surface area contributed by atoms with Gasteiger partial charge in [-0.05, 0) is 68.3 Å². The van der Waals surface area contributed by atoms with Gasteiger partial charge in [-0.3, -0.25) is 4.90 Å². The summed E-state index contributed by atoms with van der Waals surface area (Å²) in [6, 6.07) is 4.27. The van der Waals surface area contributed by atoms with Gasteiger partial charge in [-0.15, -0.1) is 0 Å². The predicted octanol–water partition coefficient (Wildman–Crippen LogP) is 6.65. The smallest absolute Gasteiger partial charge is 0.410 e. The molecule has 2 atom stereocenters. The van der Waals surface area contributed by atoms with E-state index in [9.17, 15) is 4.79 Å². The molecule has 1 amide bonds. The molecule has 2 saturated heterocycles. The summed E-state index contributed by atoms with van der Waals surface area (Å²) in [5.41, 5.74) is 1.30. The van der Waals surface area contributed by atoms with Gasteiger partial charge >= 0.3 is 6.09 Å². The number of carbonyl (C=O) groups is 1. The van der Waals surface area contributed by atoms with Crippen molar-refractivity contribution in [2.45, 2.75) is 109 Å². The number of ether oxygens (including phenoxy) is 4. The number of aromatic nitrogens is 3. The molecule has 0 N–H and O–H groups in total. The number of piperidine rings is 1. The third-order valence-electron chi connectivity index (χ3n) is 7.78. The molecule has 0 radical (unpaired) electrons. The van der Waals surface area contributed by atoms with Crippen molar-refractivity contribution in [2.75, 3.05) is 44.8 Å². The number of amides is 1. The number of fused-ring (bicyclic) bond motifs is 3. The minimum atomic E-state index is -1.22. The molecular formula is C30H52IN5O5Si2. The van der Waals surface area contributed by atoms with Crippen LogP contribution in [0.4, 0.5) is 10.6 Å². The van der Waals surface area contributed by atoms with Crippen LogP contribution in [-0.2, 0) is 18.9 Å². The SMILES string of the molecule is CC(C)(C)OC(=O)N1C2COCC1CC(c1cc(N(COCC[Si](C)(C)C)COCC[Si](C)(C)C)n3ncc(I)c3n1)C2. The van der Waals surface area contributed by atoms with E-state index in [2.05, 4.69) is 72.8 Å². The highest BCUT2D eigenvalue weighted by Crippen LogP contribution is 2.39. The number of nitrogens with zero attached hydrogens (tertiary/aromatic N) is 5. The van der Waals surface area contributed by atoms with Crippen LogP contribution in [0.2, 0.25) is 51.4 Å². The lowest BCUT2D eigenvalue weighted by molar-refractivity contribution is -0.0827. The van der Waals surface area contributed by atoms with Crippen LogP contribution < -0.4 is 4.90 Å². The fourth-order valence-corrected chi connectivity index (χ4v) is 7.41. The summed E-state index contributed by atoms with van der Waals surface area (Å²) in [5.74, 6) is 1.09. The normalized spacial score (nSPS) is 21.3. The van der Waals surface area contributed by atoms with Gasteiger partial charge in [-0.25, -0.2) is 9.78 Å². The van der Waals surface area contributed by atoms with Gasteiger partial charge in [0.2, 0.25) is 0 Å². The number of hydrogen-bond donors (Lipinski definition) is 0. The van der Waals surface area contributed by atoms with Crippen LogP contribution in [0.1, 0.15) is 45.2 Å². The van der Waals surface area contributed by atoms with Crippen LogP contribution in [-0.4, -0.2) is 99.3 Å². The van der Waals surface area contributed by atoms with E-state index in [1.165, 1.54) is 0 Å².